The lowest BCUT2D eigenvalue weighted by atomic mass is 10.2. The van der Waals surface area contributed by atoms with Crippen LogP contribution < -0.4 is 0 Å². The maximum atomic E-state index is 12.5. The molecule has 74 valence electrons. The maximum absolute atomic E-state index is 12.5. The van der Waals surface area contributed by atoms with Crippen molar-refractivity contribution in [2.24, 2.45) is 0 Å². The molecule has 0 unspecified atom stereocenters. The van der Waals surface area contributed by atoms with Crippen LogP contribution in [0.25, 0.3) is 10.9 Å². The standard InChI is InChI=1S/C8H4BrClF2N2/c9-3-1-4(10)6-5(2-3)13-14-7(6)8(11)12/h1-2,8H,(H,13,14). The SMILES string of the molecule is FC(F)c1[nH]nc2cc(Br)cc(Cl)c12. The Bertz CT molecular complexity index is 483. The topological polar surface area (TPSA) is 28.7 Å². The maximum Gasteiger partial charge on any atom is 0.280 e. The minimum absolute atomic E-state index is 0.238. The van der Waals surface area contributed by atoms with E-state index in [1.54, 1.807) is 12.1 Å². The second kappa shape index (κ2) is 3.47. The molecule has 0 aliphatic carbocycles. The van der Waals surface area contributed by atoms with Gasteiger partial charge in [0.2, 0.25) is 0 Å². The van der Waals surface area contributed by atoms with Gasteiger partial charge in [-0.3, -0.25) is 5.10 Å². The summed E-state index contributed by atoms with van der Waals surface area (Å²) in [6.45, 7) is 0. The van der Waals surface area contributed by atoms with Gasteiger partial charge in [0.1, 0.15) is 5.69 Å². The van der Waals surface area contributed by atoms with Crippen molar-refractivity contribution >= 4 is 38.4 Å². The van der Waals surface area contributed by atoms with Gasteiger partial charge in [0, 0.05) is 9.86 Å². The third-order valence-corrected chi connectivity index (χ3v) is 2.57. The van der Waals surface area contributed by atoms with E-state index in [0.29, 0.717) is 9.99 Å². The van der Waals surface area contributed by atoms with Gasteiger partial charge in [0.25, 0.3) is 6.43 Å². The smallest absolute Gasteiger partial charge is 0.275 e. The van der Waals surface area contributed by atoms with Gasteiger partial charge in [0.05, 0.1) is 10.5 Å². The Morgan fingerprint density at radius 1 is 1.43 bits per heavy atom. The van der Waals surface area contributed by atoms with Crippen molar-refractivity contribution in [2.45, 2.75) is 6.43 Å². The van der Waals surface area contributed by atoms with Crippen molar-refractivity contribution in [3.8, 4) is 0 Å². The first-order chi connectivity index (χ1) is 6.59. The number of nitrogens with one attached hydrogen (secondary N) is 1. The molecule has 0 saturated heterocycles. The van der Waals surface area contributed by atoms with Gasteiger partial charge in [0.15, 0.2) is 0 Å². The summed E-state index contributed by atoms with van der Waals surface area (Å²) in [5.74, 6) is 0. The first-order valence-corrected chi connectivity index (χ1v) is 4.88. The summed E-state index contributed by atoms with van der Waals surface area (Å²) in [5.41, 5.74) is 0.192. The Labute approximate surface area is 91.4 Å². The summed E-state index contributed by atoms with van der Waals surface area (Å²) in [7, 11) is 0. The van der Waals surface area contributed by atoms with Crippen molar-refractivity contribution in [1.82, 2.24) is 10.2 Å². The normalized spacial score (nSPS) is 11.5. The lowest BCUT2D eigenvalue weighted by molar-refractivity contribution is 0.147. The first-order valence-electron chi connectivity index (χ1n) is 3.70. The second-order valence-electron chi connectivity index (χ2n) is 2.72. The summed E-state index contributed by atoms with van der Waals surface area (Å²) < 4.78 is 25.6. The number of hydrogen-bond acceptors (Lipinski definition) is 1. The van der Waals surface area contributed by atoms with E-state index < -0.39 is 6.43 Å². The van der Waals surface area contributed by atoms with Crippen LogP contribution in [-0.4, -0.2) is 10.2 Å². The average Bonchev–Trinajstić information content (AvgIpc) is 2.47. The highest BCUT2D eigenvalue weighted by Crippen LogP contribution is 2.33. The lowest BCUT2D eigenvalue weighted by Crippen LogP contribution is -1.84. The predicted octanol–water partition coefficient (Wildman–Crippen LogP) is 3.92. The Hall–Kier alpha value is -0.680. The highest BCUT2D eigenvalue weighted by Gasteiger charge is 2.17. The fourth-order valence-corrected chi connectivity index (χ4v) is 2.14. The van der Waals surface area contributed by atoms with Gasteiger partial charge in [-0.1, -0.05) is 27.5 Å². The van der Waals surface area contributed by atoms with Gasteiger partial charge in [-0.2, -0.15) is 5.10 Å². The van der Waals surface area contributed by atoms with Gasteiger partial charge < -0.3 is 0 Å². The molecular weight excluding hydrogens is 277 g/mol. The number of hydrogen-bond donors (Lipinski definition) is 1. The first kappa shape index (κ1) is 9.86. The van der Waals surface area contributed by atoms with E-state index in [2.05, 4.69) is 26.1 Å². The number of alkyl halides is 2. The molecule has 0 amide bonds. The number of halogens is 4. The van der Waals surface area contributed by atoms with E-state index in [1.165, 1.54) is 0 Å². The molecule has 0 bridgehead atoms. The molecule has 0 radical (unpaired) electrons. The molecule has 2 aromatic rings. The number of H-pyrrole nitrogens is 1. The zero-order chi connectivity index (χ0) is 10.3. The van der Waals surface area contributed by atoms with Crippen LogP contribution in [0.15, 0.2) is 16.6 Å². The highest BCUT2D eigenvalue weighted by atomic mass is 79.9. The van der Waals surface area contributed by atoms with Crippen LogP contribution in [-0.2, 0) is 0 Å². The third kappa shape index (κ3) is 1.50. The van der Waals surface area contributed by atoms with Crippen LogP contribution in [0, 0.1) is 0 Å². The number of aromatic amines is 1. The third-order valence-electron chi connectivity index (χ3n) is 1.82. The van der Waals surface area contributed by atoms with Crippen LogP contribution >= 0.6 is 27.5 Å². The van der Waals surface area contributed by atoms with E-state index >= 15 is 0 Å². The van der Waals surface area contributed by atoms with Crippen LogP contribution in [0.5, 0.6) is 0 Å². The van der Waals surface area contributed by atoms with Crippen LogP contribution in [0.1, 0.15) is 12.1 Å². The zero-order valence-corrected chi connectivity index (χ0v) is 9.03. The minimum Gasteiger partial charge on any atom is -0.275 e. The molecular formula is C8H4BrClF2N2. The summed E-state index contributed by atoms with van der Waals surface area (Å²) in [6.07, 6.45) is -2.60. The van der Waals surface area contributed by atoms with Crippen LogP contribution in [0.4, 0.5) is 8.78 Å². The van der Waals surface area contributed by atoms with E-state index in [0.717, 1.165) is 0 Å². The largest absolute Gasteiger partial charge is 0.280 e. The zero-order valence-electron chi connectivity index (χ0n) is 6.69. The highest BCUT2D eigenvalue weighted by molar-refractivity contribution is 9.10. The molecule has 2 nitrogen and oxygen atoms in total. The molecule has 1 N–H and O–H groups in total. The molecule has 1 aromatic heterocycles. The van der Waals surface area contributed by atoms with Crippen molar-refractivity contribution in [3.05, 3.63) is 27.3 Å². The van der Waals surface area contributed by atoms with Gasteiger partial charge in [-0.25, -0.2) is 8.78 Å². The Balaban J connectivity index is 2.79. The molecule has 0 atom stereocenters. The fraction of sp³-hybridized carbons (Fsp3) is 0.125. The monoisotopic (exact) mass is 280 g/mol. The summed E-state index contributed by atoms with van der Waals surface area (Å²) in [6, 6.07) is 3.19. The van der Waals surface area contributed by atoms with Gasteiger partial charge in [-0.15, -0.1) is 0 Å². The van der Waals surface area contributed by atoms with Crippen LogP contribution in [0.3, 0.4) is 0 Å². The molecule has 0 spiro atoms. The molecule has 6 heteroatoms. The number of nitrogens with zero attached hydrogens (tertiary/aromatic N) is 1. The number of aromatic nitrogens is 2. The van der Waals surface area contributed by atoms with Gasteiger partial charge >= 0.3 is 0 Å². The lowest BCUT2D eigenvalue weighted by Gasteiger charge is -1.98. The number of fused-ring (bicyclic) bond motifs is 1. The van der Waals surface area contributed by atoms with Crippen molar-refractivity contribution in [1.29, 1.82) is 0 Å². The molecule has 0 fully saturated rings. The molecule has 1 aromatic carbocycles. The predicted molar refractivity (Wildman–Crippen MR) is 53.8 cm³/mol. The fourth-order valence-electron chi connectivity index (χ4n) is 1.25. The Morgan fingerprint density at radius 2 is 2.14 bits per heavy atom. The molecule has 2 rings (SSSR count). The van der Waals surface area contributed by atoms with Gasteiger partial charge in [-0.05, 0) is 12.1 Å². The quantitative estimate of drug-likeness (QED) is 0.843. The van der Waals surface area contributed by atoms with Crippen molar-refractivity contribution in [3.63, 3.8) is 0 Å². The Kier molecular flexibility index (Phi) is 2.45. The minimum atomic E-state index is -2.60. The van der Waals surface area contributed by atoms with Crippen molar-refractivity contribution in [2.75, 3.05) is 0 Å². The average molecular weight is 281 g/mol. The number of rotatable bonds is 1. The molecule has 0 saturated carbocycles. The number of benzene rings is 1. The molecule has 0 aliphatic heterocycles. The summed E-state index contributed by atoms with van der Waals surface area (Å²) in [4.78, 5) is 0. The van der Waals surface area contributed by atoms with E-state index in [-0.39, 0.29) is 16.1 Å². The Morgan fingerprint density at radius 3 is 2.79 bits per heavy atom. The molecule has 1 heterocycles. The molecule has 14 heavy (non-hydrogen) atoms. The van der Waals surface area contributed by atoms with Crippen molar-refractivity contribution < 1.29 is 8.78 Å². The van der Waals surface area contributed by atoms with E-state index in [1.807, 2.05) is 0 Å². The van der Waals surface area contributed by atoms with E-state index in [9.17, 15) is 8.78 Å². The second-order valence-corrected chi connectivity index (χ2v) is 4.04. The molecule has 0 aliphatic rings. The van der Waals surface area contributed by atoms with E-state index in [4.69, 9.17) is 11.6 Å². The van der Waals surface area contributed by atoms with Crippen LogP contribution in [0.2, 0.25) is 5.02 Å². The summed E-state index contributed by atoms with van der Waals surface area (Å²) >= 11 is 9.03. The summed E-state index contributed by atoms with van der Waals surface area (Å²) in [5, 5.41) is 6.56.